The van der Waals surface area contributed by atoms with Gasteiger partial charge in [-0.3, -0.25) is 0 Å². The number of allylic oxidation sites excluding steroid dienone is 4. The van der Waals surface area contributed by atoms with Crippen molar-refractivity contribution in [2.24, 2.45) is 0 Å². The molecule has 0 spiro atoms. The fraction of sp³-hybridized carbons (Fsp3) is 0.600. The summed E-state index contributed by atoms with van der Waals surface area (Å²) in [6.45, 7) is 0. The van der Waals surface area contributed by atoms with E-state index in [2.05, 4.69) is 12.2 Å². The second-order valence-corrected chi connectivity index (χ2v) is 78.9. The normalized spacial score (nSPS) is 29.6. The minimum atomic E-state index is -4.82. The molecule has 0 amide bonds. The van der Waals surface area contributed by atoms with Crippen LogP contribution >= 0.6 is 19.3 Å². The molecule has 0 aliphatic heterocycles. The van der Waals surface area contributed by atoms with Gasteiger partial charge in [0, 0.05) is 0 Å². The Labute approximate surface area is 83.4 Å². The first-order chi connectivity index (χ1) is 5.00. The van der Waals surface area contributed by atoms with Crippen LogP contribution in [0.15, 0.2) is 22.4 Å². The molecule has 0 N–H and O–H groups in total. The first-order valence-corrected chi connectivity index (χ1v) is 24.2. The summed E-state index contributed by atoms with van der Waals surface area (Å²) < 4.78 is 1.18. The summed E-state index contributed by atoms with van der Waals surface area (Å²) in [5.41, 5.74) is 10.2. The van der Waals surface area contributed by atoms with Gasteiger partial charge in [0.2, 0.25) is 0 Å². The summed E-state index contributed by atoms with van der Waals surface area (Å²) in [5, 5.41) is 0. The van der Waals surface area contributed by atoms with E-state index in [0.29, 0.717) is 0 Å². The van der Waals surface area contributed by atoms with Gasteiger partial charge >= 0.3 is 83.7 Å². The molecule has 0 radical (unpaired) electrons. The van der Waals surface area contributed by atoms with E-state index in [1.807, 2.05) is 33.5 Å². The predicted molar refractivity (Wildman–Crippen MR) is 62.9 cm³/mol. The van der Waals surface area contributed by atoms with Crippen molar-refractivity contribution >= 4 is 19.3 Å². The predicted octanol–water partition coefficient (Wildman–Crippen LogP) is 5.68. The Kier molecular flexibility index (Phi) is 1.23. The molecule has 13 heavy (non-hydrogen) atoms. The molecule has 82 valence electrons. The van der Waals surface area contributed by atoms with Crippen LogP contribution < -0.4 is 0 Å². The third-order valence-electron chi connectivity index (χ3n) is 2.02. The summed E-state index contributed by atoms with van der Waals surface area (Å²) in [7, 11) is 9.16. The quantitative estimate of drug-likeness (QED) is 0.531. The van der Waals surface area contributed by atoms with Crippen molar-refractivity contribution in [1.82, 2.24) is 0 Å². The fourth-order valence-corrected chi connectivity index (χ4v) is 8.76. The molecule has 0 nitrogen and oxygen atoms in total. The average Bonchev–Trinajstić information content (AvgIpc) is 1.97. The van der Waals surface area contributed by atoms with Crippen LogP contribution in [0.25, 0.3) is 0 Å². The Hall–Kier alpha value is 0.696. The monoisotopic (exact) mass is 402 g/mol. The van der Waals surface area contributed by atoms with E-state index >= 15 is 0 Å². The van der Waals surface area contributed by atoms with Gasteiger partial charge in [-0.1, -0.05) is 0 Å². The number of hydrogen-bond acceptors (Lipinski definition) is 0. The van der Waals surface area contributed by atoms with Crippen molar-refractivity contribution in [2.45, 2.75) is 33.8 Å². The first kappa shape index (κ1) is 11.8. The van der Waals surface area contributed by atoms with Crippen LogP contribution in [-0.2, 0) is 8.26 Å². The zero-order valence-electron chi connectivity index (χ0n) is 9.05. The third kappa shape index (κ3) is 3.09. The molecule has 0 saturated heterocycles. The SMILES string of the molecule is [CH3][Os]([CH3])([CH3])([CH3])([CH3])([Cl])([Cl])[C]1=CC=CC1. The molecule has 3 heteroatoms. The van der Waals surface area contributed by atoms with Gasteiger partial charge < -0.3 is 0 Å². The molecule has 0 aromatic heterocycles. The van der Waals surface area contributed by atoms with E-state index in [1.54, 1.807) is 0 Å². The van der Waals surface area contributed by atoms with E-state index in [9.17, 15) is 0 Å². The van der Waals surface area contributed by atoms with Gasteiger partial charge in [-0.05, 0) is 0 Å². The van der Waals surface area contributed by atoms with Crippen molar-refractivity contribution in [2.75, 3.05) is 0 Å². The van der Waals surface area contributed by atoms with Gasteiger partial charge in [0.25, 0.3) is 0 Å². The number of rotatable bonds is 1. The molecule has 0 fully saturated rings. The van der Waals surface area contributed by atoms with E-state index < -0.39 is 8.26 Å². The Balaban J connectivity index is 3.65. The van der Waals surface area contributed by atoms with Gasteiger partial charge in [0.15, 0.2) is 0 Å². The topological polar surface area (TPSA) is 0 Å². The van der Waals surface area contributed by atoms with Gasteiger partial charge in [-0.15, -0.1) is 0 Å². The molecule has 0 unspecified atom stereocenters. The Bertz CT molecular complexity index is 344. The molecule has 0 bridgehead atoms. The zero-order chi connectivity index (χ0) is 10.8. The Morgan fingerprint density at radius 1 is 1.08 bits per heavy atom. The molecular formula is C10H20Cl2Os. The van der Waals surface area contributed by atoms with Crippen LogP contribution in [0.4, 0.5) is 0 Å². The maximum absolute atomic E-state index is 6.99. The van der Waals surface area contributed by atoms with Crippen LogP contribution in [-0.4, -0.2) is 0 Å². The van der Waals surface area contributed by atoms with Gasteiger partial charge in [-0.2, -0.15) is 0 Å². The van der Waals surface area contributed by atoms with Gasteiger partial charge in [0.1, 0.15) is 0 Å². The third-order valence-corrected chi connectivity index (χ3v) is 15.2. The van der Waals surface area contributed by atoms with E-state index in [1.165, 1.54) is 4.13 Å². The molecule has 0 atom stereocenters. The molecule has 1 aliphatic rings. The van der Waals surface area contributed by atoms with Crippen LogP contribution in [0.2, 0.25) is 27.4 Å². The summed E-state index contributed by atoms with van der Waals surface area (Å²) in [6, 6.07) is 0. The van der Waals surface area contributed by atoms with E-state index in [-0.39, 0.29) is 0 Å². The van der Waals surface area contributed by atoms with Gasteiger partial charge in [0.05, 0.1) is 0 Å². The van der Waals surface area contributed by atoms with Crippen LogP contribution in [0.3, 0.4) is 0 Å². The van der Waals surface area contributed by atoms with Gasteiger partial charge in [-0.25, -0.2) is 0 Å². The van der Waals surface area contributed by atoms with Crippen LogP contribution in [0, 0.1) is 0 Å². The van der Waals surface area contributed by atoms with E-state index in [4.69, 9.17) is 19.3 Å². The standard InChI is InChI=1S/C5H5.5CH3.2ClH.Os/c1-2-4-5-3-1;;;;;;;;/h1-3H,4H2;5*1H3;2*1H;/q;;;;;;;;+2/p-2. The second kappa shape index (κ2) is 1.36. The van der Waals surface area contributed by atoms with E-state index in [0.717, 1.165) is 6.42 Å². The van der Waals surface area contributed by atoms with Crippen molar-refractivity contribution in [3.05, 3.63) is 22.4 Å². The number of halogens is 2. The molecule has 0 saturated carbocycles. The van der Waals surface area contributed by atoms with Crippen LogP contribution in [0.5, 0.6) is 0 Å². The Morgan fingerprint density at radius 2 is 1.54 bits per heavy atom. The maximum atomic E-state index is 6.99. The number of hydrogen-bond donors (Lipinski definition) is 0. The average molecular weight is 401 g/mol. The van der Waals surface area contributed by atoms with Crippen molar-refractivity contribution in [3.63, 3.8) is 0 Å². The zero-order valence-corrected chi connectivity index (χ0v) is 13.1. The summed E-state index contributed by atoms with van der Waals surface area (Å²) >= 11 is 0. The molecule has 1 rings (SSSR count). The summed E-state index contributed by atoms with van der Waals surface area (Å²) in [5.74, 6) is 0. The Morgan fingerprint density at radius 3 is 1.69 bits per heavy atom. The summed E-state index contributed by atoms with van der Waals surface area (Å²) in [4.78, 5) is 0. The van der Waals surface area contributed by atoms with Crippen LogP contribution in [0.1, 0.15) is 6.42 Å². The molecule has 1 aliphatic carbocycles. The van der Waals surface area contributed by atoms with Crippen molar-refractivity contribution in [1.29, 1.82) is 0 Å². The fourth-order valence-electron chi connectivity index (χ4n) is 1.17. The van der Waals surface area contributed by atoms with Crippen molar-refractivity contribution in [3.8, 4) is 0 Å². The molecule has 0 aromatic rings. The molecule has 0 heterocycles. The summed E-state index contributed by atoms with van der Waals surface area (Å²) in [6.07, 6.45) is 7.09. The van der Waals surface area contributed by atoms with Crippen molar-refractivity contribution < 1.29 is 8.26 Å². The molecular weight excluding hydrogens is 381 g/mol. The second-order valence-electron chi connectivity index (χ2n) is 7.17. The first-order valence-electron chi connectivity index (χ1n) is 3.93. The minimum absolute atomic E-state index is 0.880. The molecule has 0 aromatic carbocycles.